The van der Waals surface area contributed by atoms with Gasteiger partial charge >= 0.3 is 0 Å². The lowest BCUT2D eigenvalue weighted by Gasteiger charge is -2.19. The van der Waals surface area contributed by atoms with Gasteiger partial charge in [0, 0.05) is 19.2 Å². The highest BCUT2D eigenvalue weighted by Crippen LogP contribution is 2.18. The van der Waals surface area contributed by atoms with Crippen LogP contribution in [0.2, 0.25) is 0 Å². The van der Waals surface area contributed by atoms with E-state index in [0.29, 0.717) is 12.3 Å². The molecule has 0 aromatic heterocycles. The maximum absolute atomic E-state index is 12.2. The van der Waals surface area contributed by atoms with Gasteiger partial charge in [0.25, 0.3) is 0 Å². The van der Waals surface area contributed by atoms with Gasteiger partial charge in [0.2, 0.25) is 5.91 Å². The second kappa shape index (κ2) is 8.73. The molecule has 19 heavy (non-hydrogen) atoms. The first-order chi connectivity index (χ1) is 9.15. The van der Waals surface area contributed by atoms with Crippen LogP contribution in [0.1, 0.15) is 52.4 Å². The third-order valence-corrected chi connectivity index (χ3v) is 3.59. The Hall–Kier alpha value is -1.31. The van der Waals surface area contributed by atoms with Crippen LogP contribution in [-0.4, -0.2) is 13.0 Å². The fourth-order valence-electron chi connectivity index (χ4n) is 2.25. The molecule has 1 aromatic rings. The number of carbonyl (C=O) groups excluding carboxylic acids is 1. The number of unbranched alkanes of at least 4 members (excludes halogenated alkanes) is 3. The molecule has 0 bridgehead atoms. The lowest BCUT2D eigenvalue weighted by atomic mass is 9.99. The first kappa shape index (κ1) is 15.7. The first-order valence-corrected chi connectivity index (χ1v) is 7.46. The smallest absolute Gasteiger partial charge is 0.226 e. The fourth-order valence-corrected chi connectivity index (χ4v) is 2.25. The summed E-state index contributed by atoms with van der Waals surface area (Å²) in [6, 6.07) is 9.85. The molecule has 0 fully saturated rings. The zero-order chi connectivity index (χ0) is 14.1. The molecule has 0 saturated heterocycles. The minimum atomic E-state index is 0.217. The number of amides is 1. The van der Waals surface area contributed by atoms with Gasteiger partial charge < -0.3 is 4.90 Å². The highest BCUT2D eigenvalue weighted by molar-refractivity contribution is 5.92. The topological polar surface area (TPSA) is 20.3 Å². The number of rotatable bonds is 8. The van der Waals surface area contributed by atoms with Crippen molar-refractivity contribution in [2.75, 3.05) is 11.9 Å². The Balaban J connectivity index is 2.33. The highest BCUT2D eigenvalue weighted by atomic mass is 16.2. The third kappa shape index (κ3) is 5.91. The average molecular weight is 261 g/mol. The summed E-state index contributed by atoms with van der Waals surface area (Å²) in [6.07, 6.45) is 6.93. The van der Waals surface area contributed by atoms with Gasteiger partial charge in [-0.1, -0.05) is 64.2 Å². The molecule has 0 radical (unpaired) electrons. The van der Waals surface area contributed by atoms with Crippen LogP contribution in [0.25, 0.3) is 0 Å². The molecule has 1 rings (SSSR count). The zero-order valence-electron chi connectivity index (χ0n) is 12.6. The Labute approximate surface area is 117 Å². The van der Waals surface area contributed by atoms with E-state index in [0.717, 1.165) is 12.1 Å². The molecule has 0 aliphatic carbocycles. The standard InChI is InChI=1S/C17H27NO/c1-4-5-6-8-11-15(2)14-17(19)18(3)16-12-9-7-10-13-16/h7,9-10,12-13,15H,4-6,8,11,14H2,1-3H3. The van der Waals surface area contributed by atoms with E-state index in [1.54, 1.807) is 4.90 Å². The Kier molecular flexibility index (Phi) is 7.24. The predicted octanol–water partition coefficient (Wildman–Crippen LogP) is 4.65. The lowest BCUT2D eigenvalue weighted by Crippen LogP contribution is -2.27. The zero-order valence-corrected chi connectivity index (χ0v) is 12.6. The molecule has 106 valence electrons. The summed E-state index contributed by atoms with van der Waals surface area (Å²) in [5.74, 6) is 0.699. The van der Waals surface area contributed by atoms with Crippen LogP contribution in [0.5, 0.6) is 0 Å². The van der Waals surface area contributed by atoms with Crippen molar-refractivity contribution in [1.82, 2.24) is 0 Å². The van der Waals surface area contributed by atoms with Gasteiger partial charge in [0.15, 0.2) is 0 Å². The number of carbonyl (C=O) groups is 1. The van der Waals surface area contributed by atoms with E-state index in [9.17, 15) is 4.79 Å². The monoisotopic (exact) mass is 261 g/mol. The van der Waals surface area contributed by atoms with Gasteiger partial charge in [-0.15, -0.1) is 0 Å². The first-order valence-electron chi connectivity index (χ1n) is 7.46. The molecular formula is C17H27NO. The van der Waals surface area contributed by atoms with E-state index >= 15 is 0 Å². The number of nitrogens with zero attached hydrogens (tertiary/aromatic N) is 1. The molecule has 0 N–H and O–H groups in total. The molecule has 0 spiro atoms. The third-order valence-electron chi connectivity index (χ3n) is 3.59. The molecule has 0 aliphatic heterocycles. The molecule has 1 unspecified atom stereocenters. The summed E-state index contributed by atoms with van der Waals surface area (Å²) >= 11 is 0. The van der Waals surface area contributed by atoms with Crippen molar-refractivity contribution >= 4 is 11.6 Å². The van der Waals surface area contributed by atoms with Crippen LogP contribution in [0.15, 0.2) is 30.3 Å². The average Bonchev–Trinajstić information content (AvgIpc) is 2.43. The summed E-state index contributed by atoms with van der Waals surface area (Å²) in [5, 5.41) is 0. The van der Waals surface area contributed by atoms with Gasteiger partial charge in [-0.2, -0.15) is 0 Å². The number of benzene rings is 1. The fraction of sp³-hybridized carbons (Fsp3) is 0.588. The van der Waals surface area contributed by atoms with E-state index in [1.807, 2.05) is 37.4 Å². The van der Waals surface area contributed by atoms with E-state index in [1.165, 1.54) is 25.7 Å². The van der Waals surface area contributed by atoms with Crippen molar-refractivity contribution < 1.29 is 4.79 Å². The summed E-state index contributed by atoms with van der Waals surface area (Å²) in [6.45, 7) is 4.41. The van der Waals surface area contributed by atoms with E-state index in [2.05, 4.69) is 13.8 Å². The van der Waals surface area contributed by atoms with Gasteiger partial charge in [-0.25, -0.2) is 0 Å². The van der Waals surface area contributed by atoms with Crippen molar-refractivity contribution in [3.8, 4) is 0 Å². The summed E-state index contributed by atoms with van der Waals surface area (Å²) in [5.41, 5.74) is 0.977. The summed E-state index contributed by atoms with van der Waals surface area (Å²) in [4.78, 5) is 13.9. The number of hydrogen-bond donors (Lipinski definition) is 0. The number of para-hydroxylation sites is 1. The minimum Gasteiger partial charge on any atom is -0.315 e. The van der Waals surface area contributed by atoms with Gasteiger partial charge in [-0.3, -0.25) is 4.79 Å². The van der Waals surface area contributed by atoms with Crippen molar-refractivity contribution in [3.05, 3.63) is 30.3 Å². The minimum absolute atomic E-state index is 0.217. The molecule has 0 saturated carbocycles. The van der Waals surface area contributed by atoms with Crippen LogP contribution in [0.4, 0.5) is 5.69 Å². The second-order valence-electron chi connectivity index (χ2n) is 5.45. The van der Waals surface area contributed by atoms with E-state index in [-0.39, 0.29) is 5.91 Å². The van der Waals surface area contributed by atoms with Crippen LogP contribution in [0.3, 0.4) is 0 Å². The summed E-state index contributed by atoms with van der Waals surface area (Å²) in [7, 11) is 1.86. The Morgan fingerprint density at radius 3 is 2.47 bits per heavy atom. The van der Waals surface area contributed by atoms with Gasteiger partial charge in [-0.05, 0) is 18.1 Å². The van der Waals surface area contributed by atoms with Gasteiger partial charge in [0.05, 0.1) is 0 Å². The van der Waals surface area contributed by atoms with E-state index < -0.39 is 0 Å². The van der Waals surface area contributed by atoms with Crippen LogP contribution >= 0.6 is 0 Å². The molecule has 0 aliphatic rings. The lowest BCUT2D eigenvalue weighted by molar-refractivity contribution is -0.119. The second-order valence-corrected chi connectivity index (χ2v) is 5.45. The molecule has 2 heteroatoms. The maximum Gasteiger partial charge on any atom is 0.226 e. The van der Waals surface area contributed by atoms with Crippen molar-refractivity contribution in [2.45, 2.75) is 52.4 Å². The Morgan fingerprint density at radius 1 is 1.16 bits per heavy atom. The van der Waals surface area contributed by atoms with Crippen LogP contribution in [0, 0.1) is 5.92 Å². The van der Waals surface area contributed by atoms with Crippen LogP contribution in [-0.2, 0) is 4.79 Å². The Bertz CT molecular complexity index is 361. The quantitative estimate of drug-likeness (QED) is 0.624. The molecule has 0 heterocycles. The molecule has 1 atom stereocenters. The number of anilines is 1. The molecule has 1 aromatic carbocycles. The van der Waals surface area contributed by atoms with E-state index in [4.69, 9.17) is 0 Å². The highest BCUT2D eigenvalue weighted by Gasteiger charge is 2.14. The van der Waals surface area contributed by atoms with Crippen molar-refractivity contribution in [2.24, 2.45) is 5.92 Å². The predicted molar refractivity (Wildman–Crippen MR) is 82.4 cm³/mol. The normalized spacial score (nSPS) is 12.2. The largest absolute Gasteiger partial charge is 0.315 e. The summed E-state index contributed by atoms with van der Waals surface area (Å²) < 4.78 is 0. The maximum atomic E-state index is 12.2. The number of hydrogen-bond acceptors (Lipinski definition) is 1. The Morgan fingerprint density at radius 2 is 1.84 bits per heavy atom. The molecular weight excluding hydrogens is 234 g/mol. The van der Waals surface area contributed by atoms with Crippen molar-refractivity contribution in [1.29, 1.82) is 0 Å². The van der Waals surface area contributed by atoms with Gasteiger partial charge in [0.1, 0.15) is 0 Å². The molecule has 1 amide bonds. The van der Waals surface area contributed by atoms with Crippen molar-refractivity contribution in [3.63, 3.8) is 0 Å². The SMILES string of the molecule is CCCCCCC(C)CC(=O)N(C)c1ccccc1. The van der Waals surface area contributed by atoms with Crippen LogP contribution < -0.4 is 4.90 Å². The molecule has 2 nitrogen and oxygen atoms in total.